The van der Waals surface area contributed by atoms with Crippen molar-refractivity contribution >= 4 is 21.6 Å². The van der Waals surface area contributed by atoms with Crippen molar-refractivity contribution in [3.05, 3.63) is 48.5 Å². The average Bonchev–Trinajstić information content (AvgIpc) is 2.89. The molecule has 0 bridgehead atoms. The lowest BCUT2D eigenvalue weighted by Crippen LogP contribution is -2.10. The summed E-state index contributed by atoms with van der Waals surface area (Å²) < 4.78 is 6.66. The van der Waals surface area contributed by atoms with Gasteiger partial charge in [-0.3, -0.25) is 0 Å². The zero-order valence-electron chi connectivity index (χ0n) is 10.4. The molecule has 0 radical (unpaired) electrons. The lowest BCUT2D eigenvalue weighted by Gasteiger charge is -2.02. The molecule has 0 spiro atoms. The van der Waals surface area contributed by atoms with Crippen molar-refractivity contribution in [2.24, 2.45) is 5.73 Å². The quantitative estimate of drug-likeness (QED) is 0.791. The van der Waals surface area contributed by atoms with Gasteiger partial charge in [-0.05, 0) is 18.2 Å². The van der Waals surface area contributed by atoms with E-state index in [2.05, 4.69) is 17.1 Å². The van der Waals surface area contributed by atoms with Crippen LogP contribution in [0.25, 0.3) is 20.8 Å². The van der Waals surface area contributed by atoms with Gasteiger partial charge in [0.2, 0.25) is 0 Å². The summed E-state index contributed by atoms with van der Waals surface area (Å²) in [5.74, 6) is 0.848. The highest BCUT2D eigenvalue weighted by atomic mass is 32.1. The number of rotatable bonds is 4. The number of fused-ring (bicyclic) bond motifs is 1. The number of aromatic nitrogens is 1. The topological polar surface area (TPSA) is 48.1 Å². The van der Waals surface area contributed by atoms with Crippen LogP contribution in [0.1, 0.15) is 0 Å². The first-order valence-electron chi connectivity index (χ1n) is 6.16. The van der Waals surface area contributed by atoms with Crippen molar-refractivity contribution < 1.29 is 4.74 Å². The van der Waals surface area contributed by atoms with Gasteiger partial charge in [0, 0.05) is 12.1 Å². The number of nitrogens with two attached hydrogens (primary N) is 1. The zero-order chi connectivity index (χ0) is 13.1. The van der Waals surface area contributed by atoms with Crippen LogP contribution in [-0.2, 0) is 0 Å². The van der Waals surface area contributed by atoms with Gasteiger partial charge >= 0.3 is 0 Å². The highest BCUT2D eigenvalue weighted by Crippen LogP contribution is 2.32. The van der Waals surface area contributed by atoms with Gasteiger partial charge in [-0.1, -0.05) is 30.3 Å². The Bertz CT molecular complexity index is 679. The first-order valence-corrected chi connectivity index (χ1v) is 6.97. The van der Waals surface area contributed by atoms with Crippen LogP contribution in [0.2, 0.25) is 0 Å². The fourth-order valence-electron chi connectivity index (χ4n) is 1.88. The second-order valence-corrected chi connectivity index (χ2v) is 5.18. The Kier molecular flexibility index (Phi) is 3.44. The molecule has 19 heavy (non-hydrogen) atoms. The number of thiazole rings is 1. The van der Waals surface area contributed by atoms with Gasteiger partial charge < -0.3 is 10.5 Å². The standard InChI is InChI=1S/C15H14N2OS/c16-8-9-18-12-6-7-13-14(10-12)19-15(17-13)11-4-2-1-3-5-11/h1-7,10H,8-9,16H2. The predicted molar refractivity (Wildman–Crippen MR) is 79.6 cm³/mol. The maximum absolute atomic E-state index is 5.53. The molecular weight excluding hydrogens is 256 g/mol. The molecule has 1 heterocycles. The summed E-state index contributed by atoms with van der Waals surface area (Å²) in [5, 5.41) is 1.03. The van der Waals surface area contributed by atoms with Gasteiger partial charge in [0.05, 0.1) is 10.2 Å². The van der Waals surface area contributed by atoms with Crippen LogP contribution in [-0.4, -0.2) is 18.1 Å². The molecule has 4 heteroatoms. The van der Waals surface area contributed by atoms with Crippen molar-refractivity contribution in [1.82, 2.24) is 4.98 Å². The smallest absolute Gasteiger partial charge is 0.124 e. The largest absolute Gasteiger partial charge is 0.492 e. The van der Waals surface area contributed by atoms with Gasteiger partial charge in [-0.25, -0.2) is 4.98 Å². The van der Waals surface area contributed by atoms with Crippen LogP contribution >= 0.6 is 11.3 Å². The average molecular weight is 270 g/mol. The molecule has 2 N–H and O–H groups in total. The van der Waals surface area contributed by atoms with E-state index >= 15 is 0 Å². The number of ether oxygens (including phenoxy) is 1. The second kappa shape index (κ2) is 5.38. The molecule has 96 valence electrons. The van der Waals surface area contributed by atoms with E-state index in [0.29, 0.717) is 13.2 Å². The van der Waals surface area contributed by atoms with Crippen LogP contribution in [0.5, 0.6) is 5.75 Å². The van der Waals surface area contributed by atoms with Gasteiger partial charge in [0.1, 0.15) is 17.4 Å². The molecule has 3 rings (SSSR count). The van der Waals surface area contributed by atoms with Crippen LogP contribution < -0.4 is 10.5 Å². The van der Waals surface area contributed by atoms with E-state index in [-0.39, 0.29) is 0 Å². The molecule has 0 aliphatic carbocycles. The van der Waals surface area contributed by atoms with E-state index in [4.69, 9.17) is 10.5 Å². The van der Waals surface area contributed by atoms with E-state index in [1.165, 1.54) is 0 Å². The van der Waals surface area contributed by atoms with Gasteiger partial charge in [-0.15, -0.1) is 11.3 Å². The highest BCUT2D eigenvalue weighted by Gasteiger charge is 2.06. The Morgan fingerprint density at radius 3 is 2.74 bits per heavy atom. The minimum atomic E-state index is 0.524. The Morgan fingerprint density at radius 1 is 1.11 bits per heavy atom. The van der Waals surface area contributed by atoms with Crippen molar-refractivity contribution in [3.8, 4) is 16.3 Å². The molecule has 0 saturated carbocycles. The first kappa shape index (κ1) is 12.1. The maximum Gasteiger partial charge on any atom is 0.124 e. The van der Waals surface area contributed by atoms with E-state index in [9.17, 15) is 0 Å². The molecule has 0 unspecified atom stereocenters. The van der Waals surface area contributed by atoms with Crippen molar-refractivity contribution in [3.63, 3.8) is 0 Å². The molecule has 1 aromatic heterocycles. The summed E-state index contributed by atoms with van der Waals surface area (Å²) in [4.78, 5) is 4.64. The minimum Gasteiger partial charge on any atom is -0.492 e. The molecular formula is C15H14N2OS. The number of hydrogen-bond donors (Lipinski definition) is 1. The molecule has 2 aromatic carbocycles. The summed E-state index contributed by atoms with van der Waals surface area (Å²) >= 11 is 1.68. The minimum absolute atomic E-state index is 0.524. The first-order chi connectivity index (χ1) is 9.36. The molecule has 3 aromatic rings. The van der Waals surface area contributed by atoms with E-state index in [0.717, 1.165) is 26.5 Å². The second-order valence-electron chi connectivity index (χ2n) is 4.15. The Labute approximate surface area is 115 Å². The number of nitrogens with zero attached hydrogens (tertiary/aromatic N) is 1. The lowest BCUT2D eigenvalue weighted by molar-refractivity contribution is 0.329. The van der Waals surface area contributed by atoms with Crippen LogP contribution in [0, 0.1) is 0 Å². The van der Waals surface area contributed by atoms with Gasteiger partial charge in [0.25, 0.3) is 0 Å². The third-order valence-electron chi connectivity index (χ3n) is 2.77. The van der Waals surface area contributed by atoms with Crippen molar-refractivity contribution in [1.29, 1.82) is 0 Å². The molecule has 0 aliphatic rings. The highest BCUT2D eigenvalue weighted by molar-refractivity contribution is 7.21. The van der Waals surface area contributed by atoms with E-state index in [1.54, 1.807) is 11.3 Å². The van der Waals surface area contributed by atoms with Crippen LogP contribution in [0.3, 0.4) is 0 Å². The summed E-state index contributed by atoms with van der Waals surface area (Å²) in [6.07, 6.45) is 0. The summed E-state index contributed by atoms with van der Waals surface area (Å²) in [5.41, 5.74) is 7.58. The third kappa shape index (κ3) is 2.59. The lowest BCUT2D eigenvalue weighted by atomic mass is 10.2. The molecule has 0 saturated heterocycles. The Hall–Kier alpha value is -1.91. The Balaban J connectivity index is 1.97. The molecule has 0 amide bonds. The predicted octanol–water partition coefficient (Wildman–Crippen LogP) is 3.30. The molecule has 3 nitrogen and oxygen atoms in total. The summed E-state index contributed by atoms with van der Waals surface area (Å²) in [7, 11) is 0. The van der Waals surface area contributed by atoms with Crippen LogP contribution in [0.15, 0.2) is 48.5 Å². The molecule has 0 aliphatic heterocycles. The van der Waals surface area contributed by atoms with Gasteiger partial charge in [0.15, 0.2) is 0 Å². The summed E-state index contributed by atoms with van der Waals surface area (Å²) in [6.45, 7) is 1.06. The van der Waals surface area contributed by atoms with Crippen LogP contribution in [0.4, 0.5) is 0 Å². The van der Waals surface area contributed by atoms with Gasteiger partial charge in [-0.2, -0.15) is 0 Å². The van der Waals surface area contributed by atoms with Crippen molar-refractivity contribution in [2.45, 2.75) is 0 Å². The number of benzene rings is 2. The fourth-order valence-corrected chi connectivity index (χ4v) is 2.88. The number of hydrogen-bond acceptors (Lipinski definition) is 4. The zero-order valence-corrected chi connectivity index (χ0v) is 11.2. The third-order valence-corrected chi connectivity index (χ3v) is 3.83. The molecule has 0 fully saturated rings. The SMILES string of the molecule is NCCOc1ccc2nc(-c3ccccc3)sc2c1. The van der Waals surface area contributed by atoms with E-state index < -0.39 is 0 Å². The monoisotopic (exact) mass is 270 g/mol. The fraction of sp³-hybridized carbons (Fsp3) is 0.133. The van der Waals surface area contributed by atoms with E-state index in [1.807, 2.05) is 36.4 Å². The Morgan fingerprint density at radius 2 is 1.95 bits per heavy atom. The summed E-state index contributed by atoms with van der Waals surface area (Å²) in [6, 6.07) is 16.2. The van der Waals surface area contributed by atoms with Crippen molar-refractivity contribution in [2.75, 3.05) is 13.2 Å². The maximum atomic E-state index is 5.53. The molecule has 0 atom stereocenters. The normalized spacial score (nSPS) is 10.8.